The zero-order valence-electron chi connectivity index (χ0n) is 17.0. The number of amides is 1. The number of halogens is 1. The number of nitrogens with zero attached hydrogens (tertiary/aromatic N) is 2. The van der Waals surface area contributed by atoms with Gasteiger partial charge in [0.15, 0.2) is 15.8 Å². The van der Waals surface area contributed by atoms with E-state index in [1.165, 1.54) is 19.3 Å². The topological polar surface area (TPSA) is 90.9 Å². The predicted molar refractivity (Wildman–Crippen MR) is 123 cm³/mol. The van der Waals surface area contributed by atoms with Crippen molar-refractivity contribution in [2.24, 2.45) is 16.8 Å². The van der Waals surface area contributed by atoms with Crippen molar-refractivity contribution in [3.63, 3.8) is 0 Å². The van der Waals surface area contributed by atoms with E-state index in [9.17, 15) is 13.2 Å². The van der Waals surface area contributed by atoms with Crippen LogP contribution in [0.25, 0.3) is 0 Å². The van der Waals surface area contributed by atoms with Crippen molar-refractivity contribution in [2.75, 3.05) is 31.6 Å². The van der Waals surface area contributed by atoms with Crippen LogP contribution >= 0.6 is 24.0 Å². The summed E-state index contributed by atoms with van der Waals surface area (Å²) in [6, 6.07) is 0.588. The molecule has 0 aromatic heterocycles. The fourth-order valence-electron chi connectivity index (χ4n) is 4.40. The summed E-state index contributed by atoms with van der Waals surface area (Å²) in [5.41, 5.74) is 0. The number of guanidine groups is 1. The molecule has 162 valence electrons. The molecule has 2 N–H and O–H groups in total. The molecule has 1 saturated carbocycles. The number of sulfone groups is 1. The van der Waals surface area contributed by atoms with E-state index in [4.69, 9.17) is 4.99 Å². The molecule has 28 heavy (non-hydrogen) atoms. The lowest BCUT2D eigenvalue weighted by Crippen LogP contribution is -2.54. The van der Waals surface area contributed by atoms with Crippen molar-refractivity contribution in [2.45, 2.75) is 64.0 Å². The van der Waals surface area contributed by atoms with E-state index >= 15 is 0 Å². The average Bonchev–Trinajstić information content (AvgIpc) is 2.97. The van der Waals surface area contributed by atoms with Crippen molar-refractivity contribution in [1.29, 1.82) is 0 Å². The summed E-state index contributed by atoms with van der Waals surface area (Å²) in [6.45, 7) is 3.50. The first-order chi connectivity index (χ1) is 12.8. The van der Waals surface area contributed by atoms with Gasteiger partial charge < -0.3 is 15.5 Å². The van der Waals surface area contributed by atoms with Gasteiger partial charge in [-0.1, -0.05) is 19.8 Å². The van der Waals surface area contributed by atoms with Crippen LogP contribution < -0.4 is 10.6 Å². The lowest BCUT2D eigenvalue weighted by molar-refractivity contribution is -0.132. The van der Waals surface area contributed by atoms with Gasteiger partial charge in [-0.15, -0.1) is 24.0 Å². The Kier molecular flexibility index (Phi) is 8.84. The molecular formula is C19H35IN4O3S. The van der Waals surface area contributed by atoms with Crippen LogP contribution in [0.2, 0.25) is 0 Å². The largest absolute Gasteiger partial charge is 0.353 e. The Hall–Kier alpha value is -0.580. The maximum atomic E-state index is 11.7. The summed E-state index contributed by atoms with van der Waals surface area (Å²) in [5.74, 6) is 2.24. The standard InChI is InChI=1S/C19H34N4O3S.HI/c1-14-5-3-4-6-17(14)22-19(20-11-15-9-10-27(25,26)13-15)21-16-7-8-18(24)23(2)12-16;/h14-17H,3-13H2,1-2H3,(H2,20,21,22);1H. The van der Waals surface area contributed by atoms with E-state index in [0.717, 1.165) is 18.8 Å². The van der Waals surface area contributed by atoms with Crippen molar-refractivity contribution in [3.8, 4) is 0 Å². The second-order valence-electron chi connectivity index (χ2n) is 8.63. The number of rotatable bonds is 4. The maximum Gasteiger partial charge on any atom is 0.222 e. The van der Waals surface area contributed by atoms with Gasteiger partial charge in [-0.25, -0.2) is 8.42 Å². The van der Waals surface area contributed by atoms with Crippen LogP contribution in [0.3, 0.4) is 0 Å². The normalized spacial score (nSPS) is 33.3. The minimum atomic E-state index is -2.87. The SMILES string of the molecule is CC1CCCCC1NC(=NCC1CCS(=O)(=O)C1)NC1CCC(=O)N(C)C1.I. The molecular weight excluding hydrogens is 491 g/mol. The van der Waals surface area contributed by atoms with Gasteiger partial charge in [0, 0.05) is 38.6 Å². The predicted octanol–water partition coefficient (Wildman–Crippen LogP) is 1.77. The summed E-state index contributed by atoms with van der Waals surface area (Å²) in [4.78, 5) is 18.3. The van der Waals surface area contributed by atoms with Crippen LogP contribution in [-0.2, 0) is 14.6 Å². The second kappa shape index (κ2) is 10.4. The first-order valence-corrected chi connectivity index (χ1v) is 12.2. The molecule has 0 aromatic carbocycles. The van der Waals surface area contributed by atoms with Crippen molar-refractivity contribution >= 4 is 45.7 Å². The summed E-state index contributed by atoms with van der Waals surface area (Å²) < 4.78 is 23.4. The van der Waals surface area contributed by atoms with Crippen molar-refractivity contribution in [1.82, 2.24) is 15.5 Å². The molecule has 0 bridgehead atoms. The van der Waals surface area contributed by atoms with E-state index in [1.54, 1.807) is 4.90 Å². The van der Waals surface area contributed by atoms with Crippen molar-refractivity contribution in [3.05, 3.63) is 0 Å². The highest BCUT2D eigenvalue weighted by Crippen LogP contribution is 2.24. The van der Waals surface area contributed by atoms with E-state index in [-0.39, 0.29) is 47.6 Å². The maximum absolute atomic E-state index is 11.7. The zero-order chi connectivity index (χ0) is 19.4. The Labute approximate surface area is 186 Å². The lowest BCUT2D eigenvalue weighted by Gasteiger charge is -2.34. The van der Waals surface area contributed by atoms with Crippen molar-refractivity contribution < 1.29 is 13.2 Å². The first-order valence-electron chi connectivity index (χ1n) is 10.3. The van der Waals surface area contributed by atoms with Gasteiger partial charge in [-0.05, 0) is 37.5 Å². The summed E-state index contributed by atoms with van der Waals surface area (Å²) in [6.07, 6.45) is 6.96. The van der Waals surface area contributed by atoms with Gasteiger partial charge in [-0.3, -0.25) is 9.79 Å². The molecule has 2 heterocycles. The highest BCUT2D eigenvalue weighted by Gasteiger charge is 2.29. The van der Waals surface area contributed by atoms with Crippen LogP contribution in [0.4, 0.5) is 0 Å². The van der Waals surface area contributed by atoms with E-state index in [2.05, 4.69) is 17.6 Å². The molecule has 2 aliphatic heterocycles. The molecule has 0 radical (unpaired) electrons. The van der Waals surface area contributed by atoms with E-state index in [1.807, 2.05) is 7.05 Å². The number of carbonyl (C=O) groups excluding carboxylic acids is 1. The fourth-order valence-corrected chi connectivity index (χ4v) is 6.25. The average molecular weight is 526 g/mol. The van der Waals surface area contributed by atoms with E-state index in [0.29, 0.717) is 43.6 Å². The molecule has 3 fully saturated rings. The Morgan fingerprint density at radius 1 is 1.18 bits per heavy atom. The minimum absolute atomic E-state index is 0. The Morgan fingerprint density at radius 3 is 2.57 bits per heavy atom. The lowest BCUT2D eigenvalue weighted by atomic mass is 9.86. The monoisotopic (exact) mass is 526 g/mol. The van der Waals surface area contributed by atoms with Gasteiger partial charge in [0.25, 0.3) is 0 Å². The number of aliphatic imine (C=N–C) groups is 1. The fraction of sp³-hybridized carbons (Fsp3) is 0.895. The smallest absolute Gasteiger partial charge is 0.222 e. The van der Waals surface area contributed by atoms with Gasteiger partial charge in [0.05, 0.1) is 11.5 Å². The highest BCUT2D eigenvalue weighted by atomic mass is 127. The van der Waals surface area contributed by atoms with Crippen LogP contribution in [0, 0.1) is 11.8 Å². The van der Waals surface area contributed by atoms with Gasteiger partial charge in [0.1, 0.15) is 0 Å². The van der Waals surface area contributed by atoms with Crippen LogP contribution in [0.5, 0.6) is 0 Å². The molecule has 4 unspecified atom stereocenters. The number of likely N-dealkylation sites (N-methyl/N-ethyl adjacent to an activating group) is 1. The Bertz CT molecular complexity index is 670. The molecule has 2 saturated heterocycles. The Balaban J connectivity index is 0.00000280. The molecule has 7 nitrogen and oxygen atoms in total. The van der Waals surface area contributed by atoms with Gasteiger partial charge >= 0.3 is 0 Å². The molecule has 3 aliphatic rings. The third kappa shape index (κ3) is 6.74. The third-order valence-corrected chi connectivity index (χ3v) is 8.07. The molecule has 1 amide bonds. The molecule has 0 aromatic rings. The number of nitrogens with one attached hydrogen (secondary N) is 2. The molecule has 4 atom stereocenters. The molecule has 3 rings (SSSR count). The number of hydrogen-bond acceptors (Lipinski definition) is 4. The number of likely N-dealkylation sites (tertiary alicyclic amines) is 1. The van der Waals surface area contributed by atoms with Crippen LogP contribution in [0.15, 0.2) is 4.99 Å². The molecule has 9 heteroatoms. The second-order valence-corrected chi connectivity index (χ2v) is 10.9. The Morgan fingerprint density at radius 2 is 1.93 bits per heavy atom. The van der Waals surface area contributed by atoms with E-state index < -0.39 is 9.84 Å². The van der Waals surface area contributed by atoms with Gasteiger partial charge in [-0.2, -0.15) is 0 Å². The summed E-state index contributed by atoms with van der Waals surface area (Å²) in [7, 11) is -1.03. The first kappa shape index (κ1) is 23.7. The van der Waals surface area contributed by atoms with Gasteiger partial charge in [0.2, 0.25) is 5.91 Å². The number of piperidine rings is 1. The zero-order valence-corrected chi connectivity index (χ0v) is 20.2. The summed E-state index contributed by atoms with van der Waals surface area (Å²) >= 11 is 0. The minimum Gasteiger partial charge on any atom is -0.353 e. The van der Waals surface area contributed by atoms with Crippen LogP contribution in [-0.4, -0.2) is 68.9 Å². The highest BCUT2D eigenvalue weighted by molar-refractivity contribution is 14.0. The third-order valence-electron chi connectivity index (χ3n) is 6.24. The summed E-state index contributed by atoms with van der Waals surface area (Å²) in [5, 5.41) is 7.12. The number of carbonyl (C=O) groups is 1. The molecule has 1 aliphatic carbocycles. The van der Waals surface area contributed by atoms with Crippen LogP contribution in [0.1, 0.15) is 51.9 Å². The molecule has 0 spiro atoms. The number of hydrogen-bond donors (Lipinski definition) is 2. The quantitative estimate of drug-likeness (QED) is 0.331.